The van der Waals surface area contributed by atoms with Gasteiger partial charge in [0.1, 0.15) is 5.75 Å². The molecule has 0 aromatic heterocycles. The fourth-order valence-electron chi connectivity index (χ4n) is 1.44. The van der Waals surface area contributed by atoms with Crippen LogP contribution in [-0.4, -0.2) is 5.11 Å². The highest BCUT2D eigenvalue weighted by molar-refractivity contribution is 5.41. The van der Waals surface area contributed by atoms with E-state index in [2.05, 4.69) is 6.58 Å². The Labute approximate surface area is 73.4 Å². The average Bonchev–Trinajstić information content (AvgIpc) is 1.96. The number of aromatic hydroxyl groups is 1. The zero-order chi connectivity index (χ0) is 9.14. The van der Waals surface area contributed by atoms with Crippen LogP contribution in [0.25, 0.3) is 0 Å². The maximum atomic E-state index is 9.26. The summed E-state index contributed by atoms with van der Waals surface area (Å²) in [5.41, 5.74) is 3.53. The van der Waals surface area contributed by atoms with Crippen LogP contribution in [0.1, 0.15) is 16.7 Å². The summed E-state index contributed by atoms with van der Waals surface area (Å²) in [6.45, 7) is 7.71. The summed E-state index contributed by atoms with van der Waals surface area (Å²) < 4.78 is 0. The average molecular weight is 162 g/mol. The van der Waals surface area contributed by atoms with Crippen molar-refractivity contribution in [1.29, 1.82) is 0 Å². The van der Waals surface area contributed by atoms with Crippen LogP contribution in [0.2, 0.25) is 0 Å². The zero-order valence-electron chi connectivity index (χ0n) is 7.59. The quantitative estimate of drug-likeness (QED) is 0.663. The van der Waals surface area contributed by atoms with Gasteiger partial charge in [0.15, 0.2) is 0 Å². The summed E-state index contributed by atoms with van der Waals surface area (Å²) in [5.74, 6) is 0.345. The SMILES string of the molecule is C=CCc1c(C)cc(O)cc1C. The molecule has 0 saturated carbocycles. The van der Waals surface area contributed by atoms with E-state index in [-0.39, 0.29) is 0 Å². The van der Waals surface area contributed by atoms with E-state index < -0.39 is 0 Å². The molecule has 0 bridgehead atoms. The number of hydrogen-bond acceptors (Lipinski definition) is 1. The lowest BCUT2D eigenvalue weighted by Crippen LogP contribution is -1.91. The Morgan fingerprint density at radius 3 is 2.25 bits per heavy atom. The molecule has 64 valence electrons. The maximum absolute atomic E-state index is 9.26. The number of rotatable bonds is 2. The second-order valence-corrected chi connectivity index (χ2v) is 3.05. The van der Waals surface area contributed by atoms with E-state index in [1.807, 2.05) is 19.9 Å². The number of hydrogen-bond donors (Lipinski definition) is 1. The molecule has 0 aliphatic carbocycles. The number of phenols is 1. The first-order chi connectivity index (χ1) is 5.65. The molecule has 0 fully saturated rings. The second-order valence-electron chi connectivity index (χ2n) is 3.05. The van der Waals surface area contributed by atoms with Crippen molar-refractivity contribution in [3.05, 3.63) is 41.5 Å². The van der Waals surface area contributed by atoms with Crippen molar-refractivity contribution >= 4 is 0 Å². The predicted octanol–water partition coefficient (Wildman–Crippen LogP) is 2.74. The lowest BCUT2D eigenvalue weighted by molar-refractivity contribution is 0.474. The summed E-state index contributed by atoms with van der Waals surface area (Å²) in [6, 6.07) is 3.57. The first-order valence-corrected chi connectivity index (χ1v) is 4.05. The van der Waals surface area contributed by atoms with Gasteiger partial charge < -0.3 is 5.11 Å². The summed E-state index contributed by atoms with van der Waals surface area (Å²) in [7, 11) is 0. The lowest BCUT2D eigenvalue weighted by Gasteiger charge is -2.07. The summed E-state index contributed by atoms with van der Waals surface area (Å²) in [4.78, 5) is 0. The van der Waals surface area contributed by atoms with E-state index in [1.165, 1.54) is 5.56 Å². The highest BCUT2D eigenvalue weighted by Gasteiger charge is 2.01. The zero-order valence-corrected chi connectivity index (χ0v) is 7.59. The van der Waals surface area contributed by atoms with E-state index in [4.69, 9.17) is 0 Å². The lowest BCUT2D eigenvalue weighted by atomic mass is 10.00. The Hall–Kier alpha value is -1.24. The minimum Gasteiger partial charge on any atom is -0.508 e. The van der Waals surface area contributed by atoms with Crippen molar-refractivity contribution in [1.82, 2.24) is 0 Å². The van der Waals surface area contributed by atoms with Crippen molar-refractivity contribution in [2.45, 2.75) is 20.3 Å². The Balaban J connectivity index is 3.18. The molecule has 1 rings (SSSR count). The van der Waals surface area contributed by atoms with Gasteiger partial charge in [-0.05, 0) is 49.1 Å². The van der Waals surface area contributed by atoms with Crippen LogP contribution in [0.4, 0.5) is 0 Å². The second kappa shape index (κ2) is 3.44. The monoisotopic (exact) mass is 162 g/mol. The van der Waals surface area contributed by atoms with Crippen LogP contribution in [0.15, 0.2) is 24.8 Å². The normalized spacial score (nSPS) is 9.83. The molecular weight excluding hydrogens is 148 g/mol. The molecular formula is C11H14O. The Morgan fingerprint density at radius 1 is 1.33 bits per heavy atom. The first-order valence-electron chi connectivity index (χ1n) is 4.05. The van der Waals surface area contributed by atoms with Crippen molar-refractivity contribution < 1.29 is 5.11 Å². The third kappa shape index (κ3) is 1.67. The van der Waals surface area contributed by atoms with Crippen LogP contribution in [0, 0.1) is 13.8 Å². The molecule has 1 aromatic carbocycles. The minimum absolute atomic E-state index is 0.345. The molecule has 0 heterocycles. The Bertz CT molecular complexity index is 277. The molecule has 0 aliphatic rings. The number of allylic oxidation sites excluding steroid dienone is 1. The molecule has 1 nitrogen and oxygen atoms in total. The third-order valence-electron chi connectivity index (χ3n) is 2.03. The van der Waals surface area contributed by atoms with E-state index in [0.29, 0.717) is 5.75 Å². The molecule has 12 heavy (non-hydrogen) atoms. The van der Waals surface area contributed by atoms with Gasteiger partial charge in [-0.25, -0.2) is 0 Å². The fourth-order valence-corrected chi connectivity index (χ4v) is 1.44. The van der Waals surface area contributed by atoms with Gasteiger partial charge in [0.25, 0.3) is 0 Å². The number of benzene rings is 1. The highest BCUT2D eigenvalue weighted by atomic mass is 16.3. The summed E-state index contributed by atoms with van der Waals surface area (Å²) in [5, 5.41) is 9.26. The van der Waals surface area contributed by atoms with Crippen LogP contribution in [0.3, 0.4) is 0 Å². The first kappa shape index (κ1) is 8.85. The van der Waals surface area contributed by atoms with Crippen LogP contribution in [-0.2, 0) is 6.42 Å². The van der Waals surface area contributed by atoms with Gasteiger partial charge >= 0.3 is 0 Å². The van der Waals surface area contributed by atoms with E-state index in [1.54, 1.807) is 12.1 Å². The van der Waals surface area contributed by atoms with Crippen LogP contribution in [0.5, 0.6) is 5.75 Å². The Kier molecular flexibility index (Phi) is 2.54. The van der Waals surface area contributed by atoms with E-state index in [9.17, 15) is 5.11 Å². The molecule has 0 radical (unpaired) electrons. The van der Waals surface area contributed by atoms with Crippen molar-refractivity contribution in [3.63, 3.8) is 0 Å². The molecule has 0 unspecified atom stereocenters. The highest BCUT2D eigenvalue weighted by Crippen LogP contribution is 2.20. The molecule has 1 N–H and O–H groups in total. The van der Waals surface area contributed by atoms with Gasteiger partial charge in [0.2, 0.25) is 0 Å². The molecule has 0 saturated heterocycles. The largest absolute Gasteiger partial charge is 0.508 e. The van der Waals surface area contributed by atoms with Crippen LogP contribution < -0.4 is 0 Å². The van der Waals surface area contributed by atoms with Gasteiger partial charge in [-0.1, -0.05) is 6.08 Å². The third-order valence-corrected chi connectivity index (χ3v) is 2.03. The van der Waals surface area contributed by atoms with E-state index >= 15 is 0 Å². The minimum atomic E-state index is 0.345. The van der Waals surface area contributed by atoms with Gasteiger partial charge in [-0.15, -0.1) is 6.58 Å². The predicted molar refractivity (Wildman–Crippen MR) is 51.5 cm³/mol. The smallest absolute Gasteiger partial charge is 0.116 e. The van der Waals surface area contributed by atoms with Crippen molar-refractivity contribution in [2.75, 3.05) is 0 Å². The van der Waals surface area contributed by atoms with E-state index in [0.717, 1.165) is 17.5 Å². The van der Waals surface area contributed by atoms with Gasteiger partial charge in [0.05, 0.1) is 0 Å². The van der Waals surface area contributed by atoms with Gasteiger partial charge in [-0.3, -0.25) is 0 Å². The molecule has 0 spiro atoms. The molecule has 1 aromatic rings. The van der Waals surface area contributed by atoms with Gasteiger partial charge in [0, 0.05) is 0 Å². The maximum Gasteiger partial charge on any atom is 0.116 e. The summed E-state index contributed by atoms with van der Waals surface area (Å²) in [6.07, 6.45) is 2.75. The Morgan fingerprint density at radius 2 is 1.83 bits per heavy atom. The summed E-state index contributed by atoms with van der Waals surface area (Å²) >= 11 is 0. The molecule has 1 heteroatoms. The van der Waals surface area contributed by atoms with Crippen molar-refractivity contribution in [3.8, 4) is 5.75 Å². The van der Waals surface area contributed by atoms with Gasteiger partial charge in [-0.2, -0.15) is 0 Å². The topological polar surface area (TPSA) is 20.2 Å². The molecule has 0 amide bonds. The number of aryl methyl sites for hydroxylation is 2. The number of phenolic OH excluding ortho intramolecular Hbond substituents is 1. The standard InChI is InChI=1S/C11H14O/c1-4-5-11-8(2)6-10(12)7-9(11)3/h4,6-7,12H,1,5H2,2-3H3. The molecule has 0 aliphatic heterocycles. The van der Waals surface area contributed by atoms with Crippen LogP contribution >= 0.6 is 0 Å². The molecule has 0 atom stereocenters. The fraction of sp³-hybridized carbons (Fsp3) is 0.273. The van der Waals surface area contributed by atoms with Crippen molar-refractivity contribution in [2.24, 2.45) is 0 Å².